The number of fused-ring (bicyclic) bond motifs is 3. The number of amides is 1. The number of benzene rings is 1. The maximum absolute atomic E-state index is 12.8. The zero-order valence-electron chi connectivity index (χ0n) is 18.0. The third-order valence-corrected chi connectivity index (χ3v) is 7.13. The first-order valence-corrected chi connectivity index (χ1v) is 10.9. The van der Waals surface area contributed by atoms with Crippen molar-refractivity contribution in [2.75, 3.05) is 11.4 Å². The van der Waals surface area contributed by atoms with Gasteiger partial charge in [-0.2, -0.15) is 0 Å². The number of imidazole rings is 1. The summed E-state index contributed by atoms with van der Waals surface area (Å²) in [4.78, 5) is 19.6. The minimum absolute atomic E-state index is 0.215. The number of hydrogen-bond donors (Lipinski definition) is 0. The van der Waals surface area contributed by atoms with Gasteiger partial charge in [0, 0.05) is 38.4 Å². The Morgan fingerprint density at radius 3 is 2.57 bits per heavy atom. The monoisotopic (exact) mass is 403 g/mol. The molecule has 5 heteroatoms. The van der Waals surface area contributed by atoms with E-state index in [-0.39, 0.29) is 11.5 Å². The number of allylic oxidation sites excluding steroid dienone is 2. The number of hydrogen-bond acceptors (Lipinski definition) is 3. The highest BCUT2D eigenvalue weighted by Gasteiger charge is 2.44. The van der Waals surface area contributed by atoms with Crippen LogP contribution in [0.15, 0.2) is 42.5 Å². The van der Waals surface area contributed by atoms with Crippen molar-refractivity contribution in [1.82, 2.24) is 9.55 Å². The minimum Gasteiger partial charge on any atom is -0.484 e. The second-order valence-corrected chi connectivity index (χ2v) is 8.89. The lowest BCUT2D eigenvalue weighted by Gasteiger charge is -2.38. The topological polar surface area (TPSA) is 47.4 Å². The molecule has 1 saturated heterocycles. The molecule has 1 aromatic carbocycles. The summed E-state index contributed by atoms with van der Waals surface area (Å²) < 4.78 is 8.93. The molecule has 1 amide bonds. The van der Waals surface area contributed by atoms with Gasteiger partial charge >= 0.3 is 0 Å². The summed E-state index contributed by atoms with van der Waals surface area (Å²) in [6.07, 6.45) is 10.0. The SMILES string of the molecule is C=CC1=C(C=C)CC2(CCc3c(N4CCCCC4=O)cc4c(nc(C)n4C)c3O2)C1. The lowest BCUT2D eigenvalue weighted by molar-refractivity contribution is -0.119. The first-order chi connectivity index (χ1) is 14.5. The van der Waals surface area contributed by atoms with Gasteiger partial charge in [-0.3, -0.25) is 4.79 Å². The maximum atomic E-state index is 12.8. The smallest absolute Gasteiger partial charge is 0.226 e. The van der Waals surface area contributed by atoms with Crippen LogP contribution < -0.4 is 9.64 Å². The fourth-order valence-electron chi connectivity index (χ4n) is 5.35. The van der Waals surface area contributed by atoms with Crippen molar-refractivity contribution >= 4 is 22.6 Å². The van der Waals surface area contributed by atoms with Gasteiger partial charge in [-0.25, -0.2) is 4.98 Å². The summed E-state index contributed by atoms with van der Waals surface area (Å²) in [5.41, 5.74) is 6.25. The number of aromatic nitrogens is 2. The molecular formula is C25H29N3O2. The second kappa shape index (κ2) is 6.86. The third kappa shape index (κ3) is 2.75. The van der Waals surface area contributed by atoms with E-state index in [4.69, 9.17) is 9.72 Å². The van der Waals surface area contributed by atoms with Crippen molar-refractivity contribution < 1.29 is 9.53 Å². The highest BCUT2D eigenvalue weighted by molar-refractivity contribution is 5.99. The van der Waals surface area contributed by atoms with Crippen LogP contribution in [0.25, 0.3) is 11.0 Å². The lowest BCUT2D eigenvalue weighted by atomic mass is 9.86. The van der Waals surface area contributed by atoms with Crippen molar-refractivity contribution in [1.29, 1.82) is 0 Å². The van der Waals surface area contributed by atoms with E-state index in [9.17, 15) is 4.79 Å². The van der Waals surface area contributed by atoms with E-state index in [1.165, 1.54) is 11.1 Å². The summed E-state index contributed by atoms with van der Waals surface area (Å²) in [7, 11) is 2.03. The van der Waals surface area contributed by atoms with Crippen LogP contribution in [0.2, 0.25) is 0 Å². The Hall–Kier alpha value is -2.82. The van der Waals surface area contributed by atoms with E-state index in [0.29, 0.717) is 6.42 Å². The van der Waals surface area contributed by atoms with Gasteiger partial charge in [0.1, 0.15) is 16.9 Å². The summed E-state index contributed by atoms with van der Waals surface area (Å²) in [6.45, 7) is 10.8. The standard InChI is InChI=1S/C25H29N3O2/c1-5-17-14-25(15-18(17)6-2)11-10-19-20(28-12-8-7-9-22(28)29)13-21-23(24(19)30-25)26-16(3)27(21)4/h5-6,13H,1-2,7-12,14-15H2,3-4H3. The molecule has 5 rings (SSSR count). The predicted octanol–water partition coefficient (Wildman–Crippen LogP) is 4.92. The van der Waals surface area contributed by atoms with Crippen LogP contribution in [0.1, 0.15) is 49.9 Å². The Kier molecular flexibility index (Phi) is 4.38. The molecule has 0 radical (unpaired) electrons. The van der Waals surface area contributed by atoms with Crippen molar-refractivity contribution in [3.63, 3.8) is 0 Å². The summed E-state index contributed by atoms with van der Waals surface area (Å²) in [5, 5.41) is 0. The summed E-state index contributed by atoms with van der Waals surface area (Å²) >= 11 is 0. The second-order valence-electron chi connectivity index (χ2n) is 8.89. The molecule has 0 saturated carbocycles. The summed E-state index contributed by atoms with van der Waals surface area (Å²) in [6, 6.07) is 2.15. The van der Waals surface area contributed by atoms with Gasteiger partial charge in [0.25, 0.3) is 0 Å². The van der Waals surface area contributed by atoms with Crippen LogP contribution in [-0.2, 0) is 18.3 Å². The Morgan fingerprint density at radius 2 is 1.90 bits per heavy atom. The molecule has 156 valence electrons. The highest BCUT2D eigenvalue weighted by atomic mass is 16.5. The molecule has 2 aromatic rings. The van der Waals surface area contributed by atoms with Gasteiger partial charge in [0.2, 0.25) is 5.91 Å². The van der Waals surface area contributed by atoms with Crippen LogP contribution in [-0.4, -0.2) is 27.6 Å². The van der Waals surface area contributed by atoms with Crippen LogP contribution >= 0.6 is 0 Å². The van der Waals surface area contributed by atoms with Gasteiger partial charge in [0.15, 0.2) is 5.75 Å². The average Bonchev–Trinajstić information content (AvgIpc) is 3.25. The Morgan fingerprint density at radius 1 is 1.17 bits per heavy atom. The molecular weight excluding hydrogens is 374 g/mol. The molecule has 0 atom stereocenters. The number of carbonyl (C=O) groups is 1. The van der Waals surface area contributed by atoms with E-state index in [0.717, 1.165) is 78.9 Å². The number of aryl methyl sites for hydroxylation is 2. The normalized spacial score (nSPS) is 20.6. The molecule has 1 aliphatic carbocycles. The molecule has 30 heavy (non-hydrogen) atoms. The number of rotatable bonds is 3. The summed E-state index contributed by atoms with van der Waals surface area (Å²) in [5.74, 6) is 2.03. The van der Waals surface area contributed by atoms with Crippen molar-refractivity contribution in [3.05, 3.63) is 53.9 Å². The minimum atomic E-state index is -0.275. The molecule has 3 aliphatic rings. The molecule has 5 nitrogen and oxygen atoms in total. The van der Waals surface area contributed by atoms with Gasteiger partial charge in [-0.15, -0.1) is 0 Å². The molecule has 0 bridgehead atoms. The Balaban J connectivity index is 1.65. The van der Waals surface area contributed by atoms with E-state index in [2.05, 4.69) is 23.8 Å². The molecule has 0 N–H and O–H groups in total. The van der Waals surface area contributed by atoms with E-state index in [1.807, 2.05) is 31.0 Å². The molecule has 1 spiro atoms. The Bertz CT molecular complexity index is 1100. The van der Waals surface area contributed by atoms with Crippen LogP contribution in [0.3, 0.4) is 0 Å². The average molecular weight is 404 g/mol. The Labute approximate surface area is 177 Å². The molecule has 2 aliphatic heterocycles. The van der Waals surface area contributed by atoms with Crippen molar-refractivity contribution in [3.8, 4) is 5.75 Å². The number of piperidine rings is 1. The highest BCUT2D eigenvalue weighted by Crippen LogP contribution is 2.50. The number of anilines is 1. The zero-order chi connectivity index (χ0) is 21.0. The van der Waals surface area contributed by atoms with E-state index >= 15 is 0 Å². The van der Waals surface area contributed by atoms with Crippen LogP contribution in [0.5, 0.6) is 5.75 Å². The molecule has 3 heterocycles. The molecule has 1 fully saturated rings. The first kappa shape index (κ1) is 19.2. The number of carbonyl (C=O) groups excluding carboxylic acids is 1. The zero-order valence-corrected chi connectivity index (χ0v) is 18.0. The van der Waals surface area contributed by atoms with Crippen molar-refractivity contribution in [2.24, 2.45) is 7.05 Å². The maximum Gasteiger partial charge on any atom is 0.226 e. The van der Waals surface area contributed by atoms with Crippen LogP contribution in [0, 0.1) is 6.92 Å². The molecule has 1 aromatic heterocycles. The van der Waals surface area contributed by atoms with Gasteiger partial charge in [-0.1, -0.05) is 25.3 Å². The molecule has 0 unspecified atom stereocenters. The predicted molar refractivity (Wildman–Crippen MR) is 120 cm³/mol. The number of ether oxygens (including phenoxy) is 1. The van der Waals surface area contributed by atoms with Gasteiger partial charge in [-0.05, 0) is 49.8 Å². The van der Waals surface area contributed by atoms with Crippen LogP contribution in [0.4, 0.5) is 5.69 Å². The van der Waals surface area contributed by atoms with Gasteiger partial charge in [0.05, 0.1) is 11.2 Å². The van der Waals surface area contributed by atoms with Crippen molar-refractivity contribution in [2.45, 2.75) is 57.5 Å². The third-order valence-electron chi connectivity index (χ3n) is 7.13. The van der Waals surface area contributed by atoms with Gasteiger partial charge < -0.3 is 14.2 Å². The van der Waals surface area contributed by atoms with E-state index < -0.39 is 0 Å². The first-order valence-electron chi connectivity index (χ1n) is 10.9. The largest absolute Gasteiger partial charge is 0.484 e. The van der Waals surface area contributed by atoms with E-state index in [1.54, 1.807) is 0 Å². The fourth-order valence-corrected chi connectivity index (χ4v) is 5.35. The lowest BCUT2D eigenvalue weighted by Crippen LogP contribution is -2.40. The quantitative estimate of drug-likeness (QED) is 0.730. The fraction of sp³-hybridized carbons (Fsp3) is 0.440. The number of nitrogens with zero attached hydrogens (tertiary/aromatic N) is 3.